The zero-order valence-corrected chi connectivity index (χ0v) is 13.1. The molecule has 0 unspecified atom stereocenters. The summed E-state index contributed by atoms with van der Waals surface area (Å²) < 4.78 is 28.2. The minimum absolute atomic E-state index is 0.00279. The largest absolute Gasteiger partial charge is 0.477 e. The fourth-order valence-electron chi connectivity index (χ4n) is 2.48. The van der Waals surface area contributed by atoms with E-state index < -0.39 is 16.0 Å². The highest BCUT2D eigenvalue weighted by atomic mass is 32.2. The maximum absolute atomic E-state index is 12.7. The van der Waals surface area contributed by atoms with Gasteiger partial charge in [0.2, 0.25) is 10.0 Å². The number of aromatic carboxylic acids is 1. The summed E-state index contributed by atoms with van der Waals surface area (Å²) in [6.07, 6.45) is 2.18. The van der Waals surface area contributed by atoms with Crippen molar-refractivity contribution in [3.63, 3.8) is 0 Å². The molecular weight excluding hydrogens is 294 g/mol. The van der Waals surface area contributed by atoms with E-state index in [1.165, 1.54) is 21.1 Å². The normalized spacial score (nSPS) is 18.6. The van der Waals surface area contributed by atoms with Crippen molar-refractivity contribution in [3.8, 4) is 0 Å². The zero-order valence-electron chi connectivity index (χ0n) is 12.3. The Kier molecular flexibility index (Phi) is 4.70. The van der Waals surface area contributed by atoms with Gasteiger partial charge >= 0.3 is 5.97 Å². The van der Waals surface area contributed by atoms with Gasteiger partial charge in [0.15, 0.2) is 0 Å². The molecule has 1 aromatic heterocycles. The van der Waals surface area contributed by atoms with Crippen LogP contribution < -0.4 is 0 Å². The maximum atomic E-state index is 12.7. The Hall–Kier alpha value is -1.38. The molecule has 0 saturated carbocycles. The third kappa shape index (κ3) is 3.28. The molecule has 1 saturated heterocycles. The Morgan fingerprint density at radius 3 is 2.57 bits per heavy atom. The molecule has 0 radical (unpaired) electrons. The molecule has 2 rings (SSSR count). The minimum Gasteiger partial charge on any atom is -0.477 e. The summed E-state index contributed by atoms with van der Waals surface area (Å²) in [6, 6.07) is 1.25. The van der Waals surface area contributed by atoms with Crippen molar-refractivity contribution in [1.82, 2.24) is 13.8 Å². The molecule has 7 nitrogen and oxygen atoms in total. The molecular formula is C13H21N3O4S. The highest BCUT2D eigenvalue weighted by Gasteiger charge is 2.28. The highest BCUT2D eigenvalue weighted by molar-refractivity contribution is 7.89. The number of likely N-dealkylation sites (N-methyl/N-ethyl adjacent to an activating group) is 1. The van der Waals surface area contributed by atoms with Gasteiger partial charge in [-0.1, -0.05) is 0 Å². The van der Waals surface area contributed by atoms with Gasteiger partial charge in [-0.3, -0.25) is 0 Å². The van der Waals surface area contributed by atoms with Crippen molar-refractivity contribution in [3.05, 3.63) is 18.0 Å². The summed E-state index contributed by atoms with van der Waals surface area (Å²) in [6.45, 7) is 4.64. The van der Waals surface area contributed by atoms with Crippen molar-refractivity contribution in [2.24, 2.45) is 0 Å². The van der Waals surface area contributed by atoms with E-state index in [0.717, 1.165) is 13.0 Å². The van der Waals surface area contributed by atoms with E-state index in [-0.39, 0.29) is 10.6 Å². The Morgan fingerprint density at radius 2 is 2.00 bits per heavy atom. The molecule has 21 heavy (non-hydrogen) atoms. The van der Waals surface area contributed by atoms with Crippen LogP contribution in [0.2, 0.25) is 0 Å². The van der Waals surface area contributed by atoms with Crippen LogP contribution in [0.5, 0.6) is 0 Å². The molecule has 0 aromatic carbocycles. The smallest absolute Gasteiger partial charge is 0.352 e. The van der Waals surface area contributed by atoms with Crippen molar-refractivity contribution in [2.75, 3.05) is 33.2 Å². The fourth-order valence-corrected chi connectivity index (χ4v) is 3.99. The van der Waals surface area contributed by atoms with Gasteiger partial charge in [0.25, 0.3) is 0 Å². The summed E-state index contributed by atoms with van der Waals surface area (Å²) in [7, 11) is -1.67. The second kappa shape index (κ2) is 6.17. The van der Waals surface area contributed by atoms with Gasteiger partial charge < -0.3 is 14.6 Å². The second-order valence-corrected chi connectivity index (χ2v) is 7.15. The van der Waals surface area contributed by atoms with Crippen LogP contribution in [-0.4, -0.2) is 66.5 Å². The van der Waals surface area contributed by atoms with Gasteiger partial charge in [-0.25, -0.2) is 13.2 Å². The molecule has 2 heterocycles. The third-order valence-corrected chi connectivity index (χ3v) is 5.61. The number of hydrogen-bond acceptors (Lipinski definition) is 4. The van der Waals surface area contributed by atoms with Crippen LogP contribution in [-0.2, 0) is 16.6 Å². The summed E-state index contributed by atoms with van der Waals surface area (Å²) >= 11 is 0. The van der Waals surface area contributed by atoms with Gasteiger partial charge in [-0.05, 0) is 33.0 Å². The molecule has 0 aliphatic carbocycles. The van der Waals surface area contributed by atoms with Crippen LogP contribution >= 0.6 is 0 Å². The van der Waals surface area contributed by atoms with Crippen LogP contribution in [0.1, 0.15) is 23.8 Å². The first-order chi connectivity index (χ1) is 9.86. The molecule has 1 aromatic rings. The SMILES string of the molecule is CCn1cc(S(=O)(=O)N2CCCN(C)CC2)cc1C(=O)O. The maximum Gasteiger partial charge on any atom is 0.352 e. The van der Waals surface area contributed by atoms with Crippen LogP contribution in [0.15, 0.2) is 17.2 Å². The average Bonchev–Trinajstić information content (AvgIpc) is 2.76. The Balaban J connectivity index is 2.33. The van der Waals surface area contributed by atoms with Crippen LogP contribution in [0.3, 0.4) is 0 Å². The van der Waals surface area contributed by atoms with E-state index >= 15 is 0 Å². The molecule has 1 fully saturated rings. The molecule has 1 N–H and O–H groups in total. The van der Waals surface area contributed by atoms with Gasteiger partial charge in [-0.2, -0.15) is 4.31 Å². The zero-order chi connectivity index (χ0) is 15.6. The molecule has 0 spiro atoms. The van der Waals surface area contributed by atoms with Gasteiger partial charge in [0, 0.05) is 32.4 Å². The highest BCUT2D eigenvalue weighted by Crippen LogP contribution is 2.20. The second-order valence-electron chi connectivity index (χ2n) is 5.21. The van der Waals surface area contributed by atoms with Crippen molar-refractivity contribution >= 4 is 16.0 Å². The predicted octanol–water partition coefficient (Wildman–Crippen LogP) is 0.532. The standard InChI is InChI=1S/C13H21N3O4S/c1-3-15-10-11(9-12(15)13(17)18)21(19,20)16-6-4-5-14(2)7-8-16/h9-10H,3-8H2,1-2H3,(H,17,18). The van der Waals surface area contributed by atoms with Crippen LogP contribution in [0, 0.1) is 0 Å². The number of rotatable bonds is 4. The average molecular weight is 315 g/mol. The lowest BCUT2D eigenvalue weighted by atomic mass is 10.4. The molecule has 0 atom stereocenters. The molecule has 0 amide bonds. The first kappa shape index (κ1) is 16.0. The summed E-state index contributed by atoms with van der Waals surface area (Å²) in [5, 5.41) is 9.13. The van der Waals surface area contributed by atoms with E-state index in [0.29, 0.717) is 26.2 Å². The first-order valence-electron chi connectivity index (χ1n) is 6.98. The monoisotopic (exact) mass is 315 g/mol. The Labute approximate surface area is 124 Å². The molecule has 118 valence electrons. The minimum atomic E-state index is -3.63. The lowest BCUT2D eigenvalue weighted by Gasteiger charge is -2.19. The van der Waals surface area contributed by atoms with E-state index in [1.807, 2.05) is 7.05 Å². The summed E-state index contributed by atoms with van der Waals surface area (Å²) in [5.74, 6) is -1.12. The van der Waals surface area contributed by atoms with Crippen LogP contribution in [0.25, 0.3) is 0 Å². The number of nitrogens with zero attached hydrogens (tertiary/aromatic N) is 3. The lowest BCUT2D eigenvalue weighted by molar-refractivity contribution is 0.0685. The van der Waals surface area contributed by atoms with E-state index in [9.17, 15) is 13.2 Å². The predicted molar refractivity (Wildman–Crippen MR) is 77.9 cm³/mol. The van der Waals surface area contributed by atoms with E-state index in [1.54, 1.807) is 6.92 Å². The summed E-state index contributed by atoms with van der Waals surface area (Å²) in [4.78, 5) is 13.3. The van der Waals surface area contributed by atoms with Crippen LogP contribution in [0.4, 0.5) is 0 Å². The van der Waals surface area contributed by atoms with Crippen molar-refractivity contribution in [2.45, 2.75) is 24.8 Å². The van der Waals surface area contributed by atoms with Gasteiger partial charge in [-0.15, -0.1) is 0 Å². The topological polar surface area (TPSA) is 82.9 Å². The molecule has 0 bridgehead atoms. The van der Waals surface area contributed by atoms with Gasteiger partial charge in [0.1, 0.15) is 10.6 Å². The number of carboxylic acids is 1. The Morgan fingerprint density at radius 1 is 1.29 bits per heavy atom. The quantitative estimate of drug-likeness (QED) is 0.876. The van der Waals surface area contributed by atoms with Gasteiger partial charge in [0.05, 0.1) is 0 Å². The number of carbonyl (C=O) groups is 1. The summed E-state index contributed by atoms with van der Waals surface area (Å²) in [5.41, 5.74) is 0.00279. The number of aryl methyl sites for hydroxylation is 1. The number of aromatic nitrogens is 1. The third-order valence-electron chi connectivity index (χ3n) is 3.75. The number of sulfonamides is 1. The fraction of sp³-hybridized carbons (Fsp3) is 0.615. The van der Waals surface area contributed by atoms with E-state index in [4.69, 9.17) is 5.11 Å². The first-order valence-corrected chi connectivity index (χ1v) is 8.42. The molecule has 1 aliphatic rings. The number of hydrogen-bond donors (Lipinski definition) is 1. The Bertz CT molecular complexity index is 623. The number of carboxylic acid groups (broad SMARTS) is 1. The van der Waals surface area contributed by atoms with Crippen molar-refractivity contribution in [1.29, 1.82) is 0 Å². The lowest BCUT2D eigenvalue weighted by Crippen LogP contribution is -2.34. The molecule has 1 aliphatic heterocycles. The van der Waals surface area contributed by atoms with Crippen molar-refractivity contribution < 1.29 is 18.3 Å². The molecule has 8 heteroatoms. The van der Waals surface area contributed by atoms with E-state index in [2.05, 4.69) is 4.90 Å².